The summed E-state index contributed by atoms with van der Waals surface area (Å²) in [5, 5.41) is 22.8. The van der Waals surface area contributed by atoms with Crippen molar-refractivity contribution in [2.75, 3.05) is 23.9 Å². The van der Waals surface area contributed by atoms with Gasteiger partial charge in [0.15, 0.2) is 0 Å². The monoisotopic (exact) mass is 284 g/mol. The van der Waals surface area contributed by atoms with Crippen LogP contribution in [-0.2, 0) is 0 Å². The van der Waals surface area contributed by atoms with Gasteiger partial charge in [0.05, 0.1) is 10.5 Å². The topological polar surface area (TPSA) is 92.5 Å². The van der Waals surface area contributed by atoms with Crippen LogP contribution in [0.1, 0.15) is 17.3 Å². The van der Waals surface area contributed by atoms with E-state index in [0.29, 0.717) is 18.2 Å². The van der Waals surface area contributed by atoms with E-state index in [1.807, 2.05) is 13.2 Å². The van der Waals surface area contributed by atoms with E-state index in [-0.39, 0.29) is 11.3 Å². The fourth-order valence-corrected chi connectivity index (χ4v) is 2.28. The van der Waals surface area contributed by atoms with Crippen LogP contribution < -0.4 is 5.32 Å². The SMILES string of the molecule is CSCC(C)CNc1ccc(C(=O)O)cc1[N+](=O)[O-]. The number of carboxylic acids is 1. The molecule has 1 aromatic rings. The van der Waals surface area contributed by atoms with Gasteiger partial charge < -0.3 is 10.4 Å². The van der Waals surface area contributed by atoms with Crippen molar-refractivity contribution in [2.45, 2.75) is 6.92 Å². The number of nitrogens with zero attached hydrogens (tertiary/aromatic N) is 1. The molecule has 0 aromatic heterocycles. The molecule has 0 aliphatic carbocycles. The minimum atomic E-state index is -1.18. The molecule has 2 N–H and O–H groups in total. The van der Waals surface area contributed by atoms with Crippen LogP contribution in [0.25, 0.3) is 0 Å². The van der Waals surface area contributed by atoms with Crippen molar-refractivity contribution in [3.8, 4) is 0 Å². The van der Waals surface area contributed by atoms with Crippen molar-refractivity contribution >= 4 is 29.1 Å². The number of rotatable bonds is 7. The lowest BCUT2D eigenvalue weighted by Crippen LogP contribution is -2.14. The van der Waals surface area contributed by atoms with Crippen LogP contribution in [0.3, 0.4) is 0 Å². The summed E-state index contributed by atoms with van der Waals surface area (Å²) in [4.78, 5) is 21.2. The Bertz CT molecular complexity index is 479. The van der Waals surface area contributed by atoms with Gasteiger partial charge in [-0.15, -0.1) is 0 Å². The molecule has 0 bridgehead atoms. The maximum absolute atomic E-state index is 10.9. The lowest BCUT2D eigenvalue weighted by atomic mass is 10.1. The largest absolute Gasteiger partial charge is 0.478 e. The molecule has 7 heteroatoms. The highest BCUT2D eigenvalue weighted by atomic mass is 32.2. The molecule has 1 aromatic carbocycles. The van der Waals surface area contributed by atoms with Gasteiger partial charge in [-0.3, -0.25) is 10.1 Å². The number of nitro benzene ring substituents is 1. The van der Waals surface area contributed by atoms with Gasteiger partial charge in [0, 0.05) is 12.6 Å². The van der Waals surface area contributed by atoms with Crippen LogP contribution >= 0.6 is 11.8 Å². The Balaban J connectivity index is 2.88. The molecule has 6 nitrogen and oxygen atoms in total. The molecule has 1 atom stereocenters. The third-order valence-electron chi connectivity index (χ3n) is 2.53. The summed E-state index contributed by atoms with van der Waals surface area (Å²) in [6.07, 6.45) is 2.00. The number of anilines is 1. The number of carboxylic acid groups (broad SMARTS) is 1. The minimum Gasteiger partial charge on any atom is -0.478 e. The van der Waals surface area contributed by atoms with Crippen molar-refractivity contribution in [3.05, 3.63) is 33.9 Å². The van der Waals surface area contributed by atoms with Crippen LogP contribution in [0.5, 0.6) is 0 Å². The predicted molar refractivity (Wildman–Crippen MR) is 76.1 cm³/mol. The maximum atomic E-state index is 10.9. The molecule has 0 saturated heterocycles. The van der Waals surface area contributed by atoms with Gasteiger partial charge in [0.25, 0.3) is 5.69 Å². The standard InChI is InChI=1S/C12H16N2O4S/c1-8(7-19-2)6-13-10-4-3-9(12(15)16)5-11(10)14(17)18/h3-5,8,13H,6-7H2,1-2H3,(H,15,16). The Kier molecular flexibility index (Phi) is 5.62. The molecule has 0 aliphatic rings. The molecule has 1 unspecified atom stereocenters. The van der Waals surface area contributed by atoms with Crippen LogP contribution in [0, 0.1) is 16.0 Å². The highest BCUT2D eigenvalue weighted by Gasteiger charge is 2.17. The van der Waals surface area contributed by atoms with Gasteiger partial charge in [0.1, 0.15) is 5.69 Å². The van der Waals surface area contributed by atoms with Crippen LogP contribution in [0.4, 0.5) is 11.4 Å². The summed E-state index contributed by atoms with van der Waals surface area (Å²) in [5.74, 6) is 0.146. The molecule has 0 heterocycles. The Hall–Kier alpha value is -1.76. The Morgan fingerprint density at radius 2 is 2.26 bits per heavy atom. The zero-order chi connectivity index (χ0) is 14.4. The van der Waals surface area contributed by atoms with E-state index < -0.39 is 10.9 Å². The van der Waals surface area contributed by atoms with E-state index in [0.717, 1.165) is 11.8 Å². The second-order valence-electron chi connectivity index (χ2n) is 4.24. The van der Waals surface area contributed by atoms with E-state index in [4.69, 9.17) is 5.11 Å². The number of nitro groups is 1. The van der Waals surface area contributed by atoms with Gasteiger partial charge in [-0.05, 0) is 30.1 Å². The first-order valence-electron chi connectivity index (χ1n) is 5.70. The molecule has 1 rings (SSSR count). The van der Waals surface area contributed by atoms with Crippen molar-refractivity contribution in [1.29, 1.82) is 0 Å². The summed E-state index contributed by atoms with van der Waals surface area (Å²) in [6, 6.07) is 3.87. The Morgan fingerprint density at radius 1 is 1.58 bits per heavy atom. The lowest BCUT2D eigenvalue weighted by molar-refractivity contribution is -0.384. The quantitative estimate of drug-likeness (QED) is 0.590. The van der Waals surface area contributed by atoms with Gasteiger partial charge in [-0.2, -0.15) is 11.8 Å². The average molecular weight is 284 g/mol. The Morgan fingerprint density at radius 3 is 2.79 bits per heavy atom. The molecular weight excluding hydrogens is 268 g/mol. The molecule has 0 aliphatic heterocycles. The minimum absolute atomic E-state index is 0.0885. The average Bonchev–Trinajstić information content (AvgIpc) is 2.36. The van der Waals surface area contributed by atoms with Gasteiger partial charge in [0.2, 0.25) is 0 Å². The lowest BCUT2D eigenvalue weighted by Gasteiger charge is -2.12. The molecule has 0 saturated carbocycles. The first-order chi connectivity index (χ1) is 8.95. The molecule has 0 fully saturated rings. The molecule has 0 amide bonds. The fourth-order valence-electron chi connectivity index (χ4n) is 1.59. The summed E-state index contributed by atoms with van der Waals surface area (Å²) in [7, 11) is 0. The third kappa shape index (κ3) is 4.44. The highest BCUT2D eigenvalue weighted by molar-refractivity contribution is 7.98. The van der Waals surface area contributed by atoms with Crippen molar-refractivity contribution < 1.29 is 14.8 Å². The summed E-state index contributed by atoms with van der Waals surface area (Å²) >= 11 is 1.71. The smallest absolute Gasteiger partial charge is 0.335 e. The number of thioether (sulfide) groups is 1. The Labute approximate surface area is 115 Å². The van der Waals surface area contributed by atoms with E-state index >= 15 is 0 Å². The summed E-state index contributed by atoms with van der Waals surface area (Å²) < 4.78 is 0. The zero-order valence-corrected chi connectivity index (χ0v) is 11.6. The van der Waals surface area contributed by atoms with Gasteiger partial charge >= 0.3 is 5.97 Å². The molecular formula is C12H16N2O4S. The molecule has 104 valence electrons. The summed E-state index contributed by atoms with van der Waals surface area (Å²) in [5.41, 5.74) is 0.0496. The molecule has 0 radical (unpaired) electrons. The second kappa shape index (κ2) is 6.98. The van der Waals surface area contributed by atoms with Crippen LogP contribution in [0.15, 0.2) is 18.2 Å². The summed E-state index contributed by atoms with van der Waals surface area (Å²) in [6.45, 7) is 2.65. The second-order valence-corrected chi connectivity index (χ2v) is 5.15. The van der Waals surface area contributed by atoms with Crippen LogP contribution in [-0.4, -0.2) is 34.6 Å². The maximum Gasteiger partial charge on any atom is 0.335 e. The number of nitrogens with one attached hydrogen (secondary N) is 1. The van der Waals surface area contributed by atoms with E-state index in [9.17, 15) is 14.9 Å². The fraction of sp³-hybridized carbons (Fsp3) is 0.417. The highest BCUT2D eigenvalue weighted by Crippen LogP contribution is 2.26. The molecule has 0 spiro atoms. The number of hydrogen-bond donors (Lipinski definition) is 2. The van der Waals surface area contributed by atoms with Gasteiger partial charge in [-0.25, -0.2) is 4.79 Å². The number of aromatic carboxylic acids is 1. The first-order valence-corrected chi connectivity index (χ1v) is 7.09. The molecule has 19 heavy (non-hydrogen) atoms. The van der Waals surface area contributed by atoms with Gasteiger partial charge in [-0.1, -0.05) is 6.92 Å². The number of carbonyl (C=O) groups is 1. The van der Waals surface area contributed by atoms with Crippen molar-refractivity contribution in [2.24, 2.45) is 5.92 Å². The van der Waals surface area contributed by atoms with Crippen LogP contribution in [0.2, 0.25) is 0 Å². The van der Waals surface area contributed by atoms with Crippen molar-refractivity contribution in [3.63, 3.8) is 0 Å². The van der Waals surface area contributed by atoms with E-state index in [1.54, 1.807) is 11.8 Å². The van der Waals surface area contributed by atoms with E-state index in [1.165, 1.54) is 12.1 Å². The number of benzene rings is 1. The first kappa shape index (κ1) is 15.3. The normalized spacial score (nSPS) is 11.9. The number of hydrogen-bond acceptors (Lipinski definition) is 5. The zero-order valence-electron chi connectivity index (χ0n) is 10.8. The van der Waals surface area contributed by atoms with Crippen molar-refractivity contribution in [1.82, 2.24) is 0 Å². The predicted octanol–water partition coefficient (Wildman–Crippen LogP) is 2.70. The third-order valence-corrected chi connectivity index (χ3v) is 3.44. The van der Waals surface area contributed by atoms with E-state index in [2.05, 4.69) is 5.32 Å².